The van der Waals surface area contributed by atoms with Crippen LogP contribution >= 0.6 is 0 Å². The molecule has 1 atom stereocenters. The van der Waals surface area contributed by atoms with Gasteiger partial charge in [-0.1, -0.05) is 70.2 Å². The first-order chi connectivity index (χ1) is 16.9. The van der Waals surface area contributed by atoms with Gasteiger partial charge in [-0.25, -0.2) is 0 Å². The molecule has 1 aromatic carbocycles. The van der Waals surface area contributed by atoms with Gasteiger partial charge in [0.25, 0.3) is 0 Å². The molecule has 4 rings (SSSR count). The molecule has 2 aliphatic carbocycles. The minimum Gasteiger partial charge on any atom is -0.297 e. The number of benzene rings is 1. The van der Waals surface area contributed by atoms with Gasteiger partial charge in [0.2, 0.25) is 0 Å². The van der Waals surface area contributed by atoms with Gasteiger partial charge in [-0.3, -0.25) is 4.90 Å². The standard InChI is InChI=1S/C34H47N/c1-7-11-20-34(21-12-8-2)31-24-27(26(5)33(6,9-3)10-4)16-18-29(31)30-19-17-28(25-32(30)34)35-22-14-13-15-23-35/h7-8,16,18-19,24-25,28H,1-2,5,9-15,17,20-23H2,3-4,6H3. The number of allylic oxidation sites excluding steroid dienone is 5. The van der Waals surface area contributed by atoms with E-state index in [9.17, 15) is 0 Å². The zero-order valence-corrected chi connectivity index (χ0v) is 22.7. The van der Waals surface area contributed by atoms with Crippen molar-refractivity contribution in [2.75, 3.05) is 13.1 Å². The summed E-state index contributed by atoms with van der Waals surface area (Å²) in [5.41, 5.74) is 8.83. The van der Waals surface area contributed by atoms with Crippen molar-refractivity contribution in [2.24, 2.45) is 5.41 Å². The van der Waals surface area contributed by atoms with E-state index in [0.29, 0.717) is 6.04 Å². The van der Waals surface area contributed by atoms with Crippen molar-refractivity contribution in [1.29, 1.82) is 0 Å². The Labute approximate surface area is 215 Å². The summed E-state index contributed by atoms with van der Waals surface area (Å²) in [6.07, 6.45) is 21.2. The molecule has 0 saturated carbocycles. The Bertz CT molecular complexity index is 997. The normalized spacial score (nSPS) is 21.5. The molecule has 3 aliphatic rings. The maximum absolute atomic E-state index is 4.63. The molecule has 1 unspecified atom stereocenters. The Kier molecular flexibility index (Phi) is 8.06. The molecular formula is C34H47N. The highest BCUT2D eigenvalue weighted by atomic mass is 15.2. The van der Waals surface area contributed by atoms with Gasteiger partial charge in [0, 0.05) is 11.5 Å². The predicted octanol–water partition coefficient (Wildman–Crippen LogP) is 9.28. The molecule has 1 saturated heterocycles. The van der Waals surface area contributed by atoms with E-state index in [1.165, 1.54) is 60.2 Å². The summed E-state index contributed by atoms with van der Waals surface area (Å²) >= 11 is 0. The van der Waals surface area contributed by atoms with Crippen LogP contribution in [0, 0.1) is 5.41 Å². The second-order valence-electron chi connectivity index (χ2n) is 11.3. The first-order valence-electron chi connectivity index (χ1n) is 14.2. The monoisotopic (exact) mass is 469 g/mol. The number of fused-ring (bicyclic) bond motifs is 3. The van der Waals surface area contributed by atoms with Crippen molar-refractivity contribution in [3.05, 3.63) is 84.5 Å². The lowest BCUT2D eigenvalue weighted by molar-refractivity contribution is 0.189. The van der Waals surface area contributed by atoms with Crippen molar-refractivity contribution in [2.45, 2.75) is 96.4 Å². The van der Waals surface area contributed by atoms with Crippen molar-refractivity contribution in [1.82, 2.24) is 4.90 Å². The van der Waals surface area contributed by atoms with Crippen LogP contribution in [0.3, 0.4) is 0 Å². The van der Waals surface area contributed by atoms with E-state index in [2.05, 4.69) is 87.9 Å². The van der Waals surface area contributed by atoms with Crippen LogP contribution < -0.4 is 0 Å². The third-order valence-corrected chi connectivity index (χ3v) is 9.60. The molecule has 1 nitrogen and oxygen atoms in total. The minimum absolute atomic E-state index is 0.0309. The Morgan fingerprint density at radius 1 is 1.06 bits per heavy atom. The number of hydrogen-bond acceptors (Lipinski definition) is 1. The molecule has 1 heteroatoms. The highest BCUT2D eigenvalue weighted by molar-refractivity contribution is 5.92. The predicted molar refractivity (Wildman–Crippen MR) is 155 cm³/mol. The summed E-state index contributed by atoms with van der Waals surface area (Å²) in [5.74, 6) is 0. The van der Waals surface area contributed by atoms with Crippen molar-refractivity contribution in [3.8, 4) is 0 Å². The van der Waals surface area contributed by atoms with Gasteiger partial charge in [0.15, 0.2) is 0 Å². The second-order valence-corrected chi connectivity index (χ2v) is 11.3. The Morgan fingerprint density at radius 3 is 2.31 bits per heavy atom. The zero-order chi connectivity index (χ0) is 25.1. The van der Waals surface area contributed by atoms with Gasteiger partial charge in [0.05, 0.1) is 0 Å². The first kappa shape index (κ1) is 26.0. The fourth-order valence-corrected chi connectivity index (χ4v) is 6.77. The van der Waals surface area contributed by atoms with E-state index >= 15 is 0 Å². The van der Waals surface area contributed by atoms with Gasteiger partial charge in [0.1, 0.15) is 0 Å². The molecule has 0 amide bonds. The molecular weight excluding hydrogens is 422 g/mol. The van der Waals surface area contributed by atoms with E-state index in [4.69, 9.17) is 0 Å². The summed E-state index contributed by atoms with van der Waals surface area (Å²) in [4.78, 5) is 2.74. The summed E-state index contributed by atoms with van der Waals surface area (Å²) in [5, 5.41) is 0. The van der Waals surface area contributed by atoms with E-state index in [1.807, 2.05) is 0 Å². The summed E-state index contributed by atoms with van der Waals surface area (Å²) in [7, 11) is 0. The number of likely N-dealkylation sites (tertiary alicyclic amines) is 1. The summed E-state index contributed by atoms with van der Waals surface area (Å²) in [6, 6.07) is 7.81. The van der Waals surface area contributed by atoms with Crippen LogP contribution in [0.2, 0.25) is 0 Å². The van der Waals surface area contributed by atoms with Crippen molar-refractivity contribution in [3.63, 3.8) is 0 Å². The van der Waals surface area contributed by atoms with Crippen LogP contribution in [-0.4, -0.2) is 24.0 Å². The van der Waals surface area contributed by atoms with Gasteiger partial charge in [-0.2, -0.15) is 0 Å². The quantitative estimate of drug-likeness (QED) is 0.292. The van der Waals surface area contributed by atoms with Crippen LogP contribution in [0.15, 0.2) is 67.8 Å². The van der Waals surface area contributed by atoms with Crippen LogP contribution in [0.4, 0.5) is 0 Å². The number of rotatable bonds is 11. The minimum atomic E-state index is 0.0309. The highest BCUT2D eigenvalue weighted by Crippen LogP contribution is 2.57. The third-order valence-electron chi connectivity index (χ3n) is 9.60. The molecule has 0 N–H and O–H groups in total. The van der Waals surface area contributed by atoms with Gasteiger partial charge < -0.3 is 0 Å². The Morgan fingerprint density at radius 2 is 1.71 bits per heavy atom. The Balaban J connectivity index is 1.84. The van der Waals surface area contributed by atoms with Gasteiger partial charge >= 0.3 is 0 Å². The average Bonchev–Trinajstić information content (AvgIpc) is 3.18. The lowest BCUT2D eigenvalue weighted by atomic mass is 9.69. The van der Waals surface area contributed by atoms with Crippen molar-refractivity contribution < 1.29 is 0 Å². The smallest absolute Gasteiger partial charge is 0.0319 e. The van der Waals surface area contributed by atoms with Crippen LogP contribution in [0.5, 0.6) is 0 Å². The zero-order valence-electron chi connectivity index (χ0n) is 22.7. The molecule has 0 aromatic heterocycles. The van der Waals surface area contributed by atoms with E-state index < -0.39 is 0 Å². The van der Waals surface area contributed by atoms with Gasteiger partial charge in [-0.15, -0.1) is 13.2 Å². The van der Waals surface area contributed by atoms with Crippen LogP contribution in [-0.2, 0) is 5.41 Å². The lowest BCUT2D eigenvalue weighted by Gasteiger charge is -2.38. The maximum Gasteiger partial charge on any atom is 0.0319 e. The fraction of sp³-hybridized carbons (Fsp3) is 0.529. The largest absolute Gasteiger partial charge is 0.297 e. The first-order valence-corrected chi connectivity index (χ1v) is 14.2. The number of piperidine rings is 1. The topological polar surface area (TPSA) is 3.24 Å². The molecule has 1 aromatic rings. The molecule has 0 radical (unpaired) electrons. The van der Waals surface area contributed by atoms with Gasteiger partial charge in [-0.05, 0) is 116 Å². The molecule has 188 valence electrons. The molecule has 1 aliphatic heterocycles. The van der Waals surface area contributed by atoms with E-state index in [1.54, 1.807) is 5.57 Å². The maximum atomic E-state index is 4.63. The lowest BCUT2D eigenvalue weighted by Crippen LogP contribution is -2.39. The van der Waals surface area contributed by atoms with Crippen molar-refractivity contribution >= 4 is 11.1 Å². The molecule has 1 fully saturated rings. The highest BCUT2D eigenvalue weighted by Gasteiger charge is 2.46. The third kappa shape index (κ3) is 4.69. The fourth-order valence-electron chi connectivity index (χ4n) is 6.77. The SMILES string of the molecule is C=CCCC1(CCC=C)C2=CC(N3CCCCC3)CC=C2c2ccc(C(=C)C(C)(CC)CC)cc21. The summed E-state index contributed by atoms with van der Waals surface area (Å²) < 4.78 is 0. The molecule has 0 spiro atoms. The van der Waals surface area contributed by atoms with Crippen LogP contribution in [0.1, 0.15) is 102 Å². The Hall–Kier alpha value is -2.12. The van der Waals surface area contributed by atoms with E-state index in [-0.39, 0.29) is 10.8 Å². The van der Waals surface area contributed by atoms with E-state index in [0.717, 1.165) is 44.9 Å². The summed E-state index contributed by atoms with van der Waals surface area (Å²) in [6.45, 7) is 22.3. The number of nitrogens with zero attached hydrogens (tertiary/aromatic N) is 1. The van der Waals surface area contributed by atoms with Crippen LogP contribution in [0.25, 0.3) is 11.1 Å². The number of hydrogen-bond donors (Lipinski definition) is 0. The molecule has 1 heterocycles. The average molecular weight is 470 g/mol. The second kappa shape index (κ2) is 10.9. The molecule has 0 bridgehead atoms. The molecule has 35 heavy (non-hydrogen) atoms.